The molecule has 0 aromatic carbocycles. The molecule has 0 aromatic rings. The summed E-state index contributed by atoms with van der Waals surface area (Å²) >= 11 is 0. The maximum absolute atomic E-state index is 11.8. The summed E-state index contributed by atoms with van der Waals surface area (Å²) in [5, 5.41) is 0. The fourth-order valence-electron chi connectivity index (χ4n) is 1.33. The SMILES string of the molecule is CCCC(CC)CCC(F)(F)F. The number of hydrogen-bond acceptors (Lipinski definition) is 0. The van der Waals surface area contributed by atoms with Gasteiger partial charge in [0.25, 0.3) is 0 Å². The first-order chi connectivity index (χ1) is 5.49. The molecule has 3 heteroatoms. The molecule has 0 bridgehead atoms. The minimum Gasteiger partial charge on any atom is -0.171 e. The van der Waals surface area contributed by atoms with Crippen LogP contribution < -0.4 is 0 Å². The second kappa shape index (κ2) is 5.44. The van der Waals surface area contributed by atoms with E-state index in [1.807, 2.05) is 13.8 Å². The molecule has 0 radical (unpaired) electrons. The molecule has 12 heavy (non-hydrogen) atoms. The smallest absolute Gasteiger partial charge is 0.171 e. The molecule has 0 N–H and O–H groups in total. The molecule has 0 saturated carbocycles. The Bertz CT molecular complexity index is 107. The number of halogens is 3. The van der Waals surface area contributed by atoms with Crippen LogP contribution in [-0.4, -0.2) is 6.18 Å². The fraction of sp³-hybridized carbons (Fsp3) is 1.00. The van der Waals surface area contributed by atoms with Crippen LogP contribution in [0.1, 0.15) is 46.0 Å². The summed E-state index contributed by atoms with van der Waals surface area (Å²) in [5.41, 5.74) is 0. The van der Waals surface area contributed by atoms with Crippen molar-refractivity contribution < 1.29 is 13.2 Å². The summed E-state index contributed by atoms with van der Waals surface area (Å²) in [4.78, 5) is 0. The van der Waals surface area contributed by atoms with Crippen LogP contribution in [0.5, 0.6) is 0 Å². The number of hydrogen-bond donors (Lipinski definition) is 0. The summed E-state index contributed by atoms with van der Waals surface area (Å²) < 4.78 is 35.4. The molecule has 1 unspecified atom stereocenters. The van der Waals surface area contributed by atoms with Crippen molar-refractivity contribution in [2.75, 3.05) is 0 Å². The minimum atomic E-state index is -3.97. The van der Waals surface area contributed by atoms with Gasteiger partial charge in [0, 0.05) is 6.42 Å². The highest BCUT2D eigenvalue weighted by Gasteiger charge is 2.27. The van der Waals surface area contributed by atoms with Gasteiger partial charge in [-0.3, -0.25) is 0 Å². The standard InChI is InChI=1S/C9H17F3/c1-3-5-8(4-2)6-7-9(10,11)12/h8H,3-7H2,1-2H3. The van der Waals surface area contributed by atoms with E-state index in [0.29, 0.717) is 6.42 Å². The average Bonchev–Trinajstić information content (AvgIpc) is 1.96. The second-order valence-electron chi connectivity index (χ2n) is 3.22. The van der Waals surface area contributed by atoms with Gasteiger partial charge in [-0.05, 0) is 12.3 Å². The molecule has 74 valence electrons. The maximum Gasteiger partial charge on any atom is 0.389 e. The van der Waals surface area contributed by atoms with E-state index in [1.165, 1.54) is 0 Å². The molecular formula is C9H17F3. The molecule has 0 nitrogen and oxygen atoms in total. The van der Waals surface area contributed by atoms with Crippen molar-refractivity contribution in [3.05, 3.63) is 0 Å². The lowest BCUT2D eigenvalue weighted by molar-refractivity contribution is -0.137. The molecule has 0 aliphatic heterocycles. The van der Waals surface area contributed by atoms with Crippen molar-refractivity contribution in [3.8, 4) is 0 Å². The van der Waals surface area contributed by atoms with Gasteiger partial charge in [-0.1, -0.05) is 33.1 Å². The van der Waals surface area contributed by atoms with E-state index in [9.17, 15) is 13.2 Å². The molecular weight excluding hydrogens is 165 g/mol. The third-order valence-electron chi connectivity index (χ3n) is 2.11. The van der Waals surface area contributed by atoms with E-state index >= 15 is 0 Å². The molecule has 0 rings (SSSR count). The number of alkyl halides is 3. The molecule has 0 aliphatic carbocycles. The summed E-state index contributed by atoms with van der Waals surface area (Å²) in [6.45, 7) is 3.97. The van der Waals surface area contributed by atoms with E-state index < -0.39 is 12.6 Å². The predicted octanol–water partition coefficient (Wildman–Crippen LogP) is 4.16. The zero-order valence-electron chi connectivity index (χ0n) is 7.75. The zero-order valence-corrected chi connectivity index (χ0v) is 7.75. The maximum atomic E-state index is 11.8. The van der Waals surface area contributed by atoms with E-state index in [-0.39, 0.29) is 5.92 Å². The third kappa shape index (κ3) is 6.50. The van der Waals surface area contributed by atoms with Gasteiger partial charge in [-0.15, -0.1) is 0 Å². The molecule has 0 amide bonds. The molecule has 0 aliphatic rings. The third-order valence-corrected chi connectivity index (χ3v) is 2.11. The quantitative estimate of drug-likeness (QED) is 0.599. The van der Waals surface area contributed by atoms with Gasteiger partial charge in [0.15, 0.2) is 0 Å². The van der Waals surface area contributed by atoms with Crippen molar-refractivity contribution in [2.24, 2.45) is 5.92 Å². The monoisotopic (exact) mass is 182 g/mol. The van der Waals surface area contributed by atoms with Gasteiger partial charge in [0.1, 0.15) is 0 Å². The Balaban J connectivity index is 3.58. The lowest BCUT2D eigenvalue weighted by atomic mass is 9.95. The van der Waals surface area contributed by atoms with Crippen LogP contribution in [0.15, 0.2) is 0 Å². The first-order valence-electron chi connectivity index (χ1n) is 4.56. The summed E-state index contributed by atoms with van der Waals surface area (Å²) in [6.07, 6.45) is -1.52. The van der Waals surface area contributed by atoms with E-state index in [4.69, 9.17) is 0 Å². The Hall–Kier alpha value is -0.210. The van der Waals surface area contributed by atoms with Crippen molar-refractivity contribution in [2.45, 2.75) is 52.1 Å². The molecule has 0 fully saturated rings. The van der Waals surface area contributed by atoms with Gasteiger partial charge in [-0.25, -0.2) is 0 Å². The Morgan fingerprint density at radius 2 is 1.67 bits per heavy atom. The topological polar surface area (TPSA) is 0 Å². The molecule has 1 atom stereocenters. The Morgan fingerprint density at radius 3 is 2.00 bits per heavy atom. The molecule has 0 spiro atoms. The first-order valence-corrected chi connectivity index (χ1v) is 4.56. The highest BCUT2D eigenvalue weighted by Crippen LogP contribution is 2.27. The predicted molar refractivity (Wildman–Crippen MR) is 44.0 cm³/mol. The molecule has 0 heterocycles. The lowest BCUT2D eigenvalue weighted by Gasteiger charge is -2.14. The summed E-state index contributed by atoms with van der Waals surface area (Å²) in [6, 6.07) is 0. The fourth-order valence-corrected chi connectivity index (χ4v) is 1.33. The van der Waals surface area contributed by atoms with Gasteiger partial charge in [0.05, 0.1) is 0 Å². The van der Waals surface area contributed by atoms with Crippen LogP contribution >= 0.6 is 0 Å². The van der Waals surface area contributed by atoms with Crippen molar-refractivity contribution in [1.29, 1.82) is 0 Å². The van der Waals surface area contributed by atoms with Crippen LogP contribution in [0.3, 0.4) is 0 Å². The summed E-state index contributed by atoms with van der Waals surface area (Å²) in [7, 11) is 0. The highest BCUT2D eigenvalue weighted by atomic mass is 19.4. The number of rotatable bonds is 5. The minimum absolute atomic E-state index is 0.261. The van der Waals surface area contributed by atoms with Crippen LogP contribution in [0, 0.1) is 5.92 Å². The van der Waals surface area contributed by atoms with Crippen LogP contribution in [0.25, 0.3) is 0 Å². The molecule has 0 saturated heterocycles. The zero-order chi connectivity index (χ0) is 9.61. The van der Waals surface area contributed by atoms with Crippen LogP contribution in [0.2, 0.25) is 0 Å². The lowest BCUT2D eigenvalue weighted by Crippen LogP contribution is -2.10. The Kier molecular flexibility index (Phi) is 5.34. The average molecular weight is 182 g/mol. The largest absolute Gasteiger partial charge is 0.389 e. The van der Waals surface area contributed by atoms with E-state index in [0.717, 1.165) is 19.3 Å². The van der Waals surface area contributed by atoms with Gasteiger partial charge >= 0.3 is 6.18 Å². The van der Waals surface area contributed by atoms with Gasteiger partial charge < -0.3 is 0 Å². The highest BCUT2D eigenvalue weighted by molar-refractivity contribution is 4.60. The van der Waals surface area contributed by atoms with Crippen molar-refractivity contribution in [3.63, 3.8) is 0 Å². The first kappa shape index (κ1) is 11.8. The van der Waals surface area contributed by atoms with Crippen LogP contribution in [-0.2, 0) is 0 Å². The van der Waals surface area contributed by atoms with Crippen LogP contribution in [0.4, 0.5) is 13.2 Å². The van der Waals surface area contributed by atoms with Gasteiger partial charge in [-0.2, -0.15) is 13.2 Å². The molecule has 0 aromatic heterocycles. The van der Waals surface area contributed by atoms with Crippen molar-refractivity contribution in [1.82, 2.24) is 0 Å². The van der Waals surface area contributed by atoms with Gasteiger partial charge in [0.2, 0.25) is 0 Å². The van der Waals surface area contributed by atoms with E-state index in [2.05, 4.69) is 0 Å². The second-order valence-corrected chi connectivity index (χ2v) is 3.22. The Labute approximate surface area is 72.2 Å². The van der Waals surface area contributed by atoms with Crippen molar-refractivity contribution >= 4 is 0 Å². The van der Waals surface area contributed by atoms with E-state index in [1.54, 1.807) is 0 Å². The summed E-state index contributed by atoms with van der Waals surface area (Å²) in [5.74, 6) is 0.261. The normalized spacial score (nSPS) is 14.8. The Morgan fingerprint density at radius 1 is 1.08 bits per heavy atom.